The largest absolute Gasteiger partial charge is 0.497 e. The summed E-state index contributed by atoms with van der Waals surface area (Å²) in [5, 5.41) is 0.455. The van der Waals surface area contributed by atoms with Gasteiger partial charge in [-0.2, -0.15) is 0 Å². The lowest BCUT2D eigenvalue weighted by Crippen LogP contribution is -2.43. The Hall–Kier alpha value is -3.10. The van der Waals surface area contributed by atoms with E-state index in [-0.39, 0.29) is 34.1 Å². The van der Waals surface area contributed by atoms with Crippen molar-refractivity contribution in [1.29, 1.82) is 0 Å². The minimum atomic E-state index is -2.07. The summed E-state index contributed by atoms with van der Waals surface area (Å²) in [6.45, 7) is 22.2. The van der Waals surface area contributed by atoms with E-state index in [1.165, 1.54) is 0 Å². The lowest BCUT2D eigenvalue weighted by molar-refractivity contribution is 0.0522. The Bertz CT molecular complexity index is 1430. The van der Waals surface area contributed by atoms with Gasteiger partial charge in [0, 0.05) is 6.20 Å². The Morgan fingerprint density at radius 2 is 1.66 bits per heavy atom. The second-order valence-corrected chi connectivity index (χ2v) is 18.0. The van der Waals surface area contributed by atoms with E-state index < -0.39 is 14.3 Å². The molecule has 7 nitrogen and oxygen atoms in total. The van der Waals surface area contributed by atoms with E-state index in [0.717, 1.165) is 22.4 Å². The maximum Gasteiger partial charge on any atom is 0.343 e. The summed E-state index contributed by atoms with van der Waals surface area (Å²) in [5.74, 6) is 0.726. The third-order valence-corrected chi connectivity index (χ3v) is 12.6. The molecule has 41 heavy (non-hydrogen) atoms. The maximum absolute atomic E-state index is 13.7. The molecule has 0 N–H and O–H groups in total. The molecule has 0 aliphatic rings. The lowest BCUT2D eigenvalue weighted by atomic mass is 9.86. The fraction of sp³-hybridized carbons (Fsp3) is 0.515. The predicted octanol–water partition coefficient (Wildman–Crippen LogP) is 7.68. The zero-order chi connectivity index (χ0) is 30.8. The van der Waals surface area contributed by atoms with Gasteiger partial charge in [-0.3, -0.25) is 4.79 Å². The summed E-state index contributed by atoms with van der Waals surface area (Å²) in [6, 6.07) is 11.2. The van der Waals surface area contributed by atoms with Crippen molar-refractivity contribution in [1.82, 2.24) is 4.57 Å². The van der Waals surface area contributed by atoms with Crippen LogP contribution < -0.4 is 14.9 Å². The third kappa shape index (κ3) is 7.40. The molecule has 0 unspecified atom stereocenters. The maximum atomic E-state index is 13.7. The Labute approximate surface area is 245 Å². The number of methoxy groups -OCH3 is 1. The average Bonchev–Trinajstić information content (AvgIpc) is 2.88. The number of pyridine rings is 1. The van der Waals surface area contributed by atoms with Crippen LogP contribution in [0.25, 0.3) is 10.9 Å². The van der Waals surface area contributed by atoms with Gasteiger partial charge in [0.2, 0.25) is 5.43 Å². The van der Waals surface area contributed by atoms with Gasteiger partial charge in [0.25, 0.3) is 0 Å². The molecular formula is C33H47NO6Si. The van der Waals surface area contributed by atoms with Crippen LogP contribution in [0.5, 0.6) is 11.5 Å². The number of fused-ring (bicyclic) bond motifs is 1. The molecule has 2 aromatic carbocycles. The number of hydrogen-bond donors (Lipinski definition) is 0. The topological polar surface area (TPSA) is 76.0 Å². The number of carbonyl (C=O) groups excluding carboxylic acids is 1. The van der Waals surface area contributed by atoms with Crippen molar-refractivity contribution < 1.29 is 23.4 Å². The number of aryl methyl sites for hydroxylation is 1. The molecule has 1 heterocycles. The van der Waals surface area contributed by atoms with Crippen LogP contribution in [0.3, 0.4) is 0 Å². The van der Waals surface area contributed by atoms with Crippen LogP contribution >= 0.6 is 0 Å². The van der Waals surface area contributed by atoms with E-state index in [1.807, 2.05) is 41.8 Å². The molecule has 1 aromatic heterocycles. The highest BCUT2D eigenvalue weighted by Gasteiger charge is 2.39. The molecule has 0 fully saturated rings. The van der Waals surface area contributed by atoms with Gasteiger partial charge in [0.15, 0.2) is 8.32 Å². The Balaban J connectivity index is 2.16. The molecule has 0 aliphatic heterocycles. The van der Waals surface area contributed by atoms with Gasteiger partial charge in [-0.1, -0.05) is 53.7 Å². The van der Waals surface area contributed by atoms with Crippen LogP contribution in [0.1, 0.15) is 76.0 Å². The summed E-state index contributed by atoms with van der Waals surface area (Å²) in [5.41, 5.74) is 1.98. The molecule has 0 radical (unpaired) electrons. The van der Waals surface area contributed by atoms with Gasteiger partial charge in [-0.25, -0.2) is 4.79 Å². The number of ether oxygens (including phenoxy) is 3. The molecule has 0 saturated heterocycles. The predicted molar refractivity (Wildman–Crippen MR) is 168 cm³/mol. The van der Waals surface area contributed by atoms with Crippen molar-refractivity contribution >= 4 is 25.2 Å². The van der Waals surface area contributed by atoms with Crippen molar-refractivity contribution in [3.63, 3.8) is 0 Å². The second kappa shape index (κ2) is 12.4. The highest BCUT2D eigenvalue weighted by Crippen LogP contribution is 2.40. The van der Waals surface area contributed by atoms with Crippen molar-refractivity contribution in [3.05, 3.63) is 69.5 Å². The van der Waals surface area contributed by atoms with Gasteiger partial charge in [0.05, 0.1) is 37.3 Å². The minimum Gasteiger partial charge on any atom is -0.497 e. The van der Waals surface area contributed by atoms with E-state index in [1.54, 1.807) is 26.3 Å². The van der Waals surface area contributed by atoms with E-state index >= 15 is 0 Å². The number of nitrogens with zero attached hydrogens (tertiary/aromatic N) is 1. The molecule has 1 atom stereocenters. The number of carbonyl (C=O) groups is 1. The molecule has 0 saturated carbocycles. The Morgan fingerprint density at radius 1 is 1.02 bits per heavy atom. The van der Waals surface area contributed by atoms with Crippen LogP contribution in [-0.4, -0.2) is 39.2 Å². The molecule has 224 valence electrons. The first-order chi connectivity index (χ1) is 19.0. The zero-order valence-corrected chi connectivity index (χ0v) is 27.6. The van der Waals surface area contributed by atoms with Gasteiger partial charge in [0.1, 0.15) is 23.7 Å². The highest BCUT2D eigenvalue weighted by atomic mass is 28.4. The molecular weight excluding hydrogens is 534 g/mol. The summed E-state index contributed by atoms with van der Waals surface area (Å²) in [6.07, 6.45) is 1.66. The van der Waals surface area contributed by atoms with Crippen LogP contribution in [0, 0.1) is 12.3 Å². The van der Waals surface area contributed by atoms with E-state index in [0.29, 0.717) is 24.3 Å². The molecule has 3 rings (SSSR count). The summed E-state index contributed by atoms with van der Waals surface area (Å²) in [7, 11) is -0.439. The SMILES string of the molecule is CCOC(=O)c1cn([C@H](CO[Si](C)(C)C(C)(C)C)C(C)(C)C)c2cc(C)c(OCc3ccc(OC)cc3)cc2c1=O. The minimum absolute atomic E-state index is 0.00545. The van der Waals surface area contributed by atoms with Gasteiger partial charge in [-0.05, 0) is 72.8 Å². The molecule has 3 aromatic rings. The van der Waals surface area contributed by atoms with Gasteiger partial charge < -0.3 is 23.2 Å². The standard InChI is InChI=1S/C33H47NO6Si/c1-12-38-31(36)26-19-34(29(32(3,4)5)21-40-41(10,11)33(6,7)8)27-17-22(2)28(18-25(27)30(26)35)39-20-23-13-15-24(37-9)16-14-23/h13-19,29H,12,20-21H2,1-11H3/t29-/m1/s1. The Kier molecular flexibility index (Phi) is 9.81. The van der Waals surface area contributed by atoms with Crippen molar-refractivity contribution in [2.24, 2.45) is 5.41 Å². The monoisotopic (exact) mass is 581 g/mol. The fourth-order valence-electron chi connectivity index (χ4n) is 4.38. The first kappa shape index (κ1) is 32.4. The zero-order valence-electron chi connectivity index (χ0n) is 26.6. The lowest BCUT2D eigenvalue weighted by Gasteiger charge is -2.40. The average molecular weight is 582 g/mol. The quantitative estimate of drug-likeness (QED) is 0.181. The Morgan fingerprint density at radius 3 is 2.20 bits per heavy atom. The molecule has 0 amide bonds. The van der Waals surface area contributed by atoms with Crippen molar-refractivity contribution in [2.45, 2.75) is 86.2 Å². The molecule has 8 heteroatoms. The summed E-state index contributed by atoms with van der Waals surface area (Å²) >= 11 is 0. The number of hydrogen-bond acceptors (Lipinski definition) is 6. The molecule has 0 bridgehead atoms. The number of esters is 1. The summed E-state index contributed by atoms with van der Waals surface area (Å²) in [4.78, 5) is 26.7. The van der Waals surface area contributed by atoms with Crippen LogP contribution in [-0.2, 0) is 15.8 Å². The summed E-state index contributed by atoms with van der Waals surface area (Å²) < 4.78 is 25.5. The first-order valence-corrected chi connectivity index (χ1v) is 17.2. The number of rotatable bonds is 10. The second-order valence-electron chi connectivity index (χ2n) is 13.2. The molecule has 0 spiro atoms. The van der Waals surface area contributed by atoms with Crippen LogP contribution in [0.15, 0.2) is 47.4 Å². The number of aromatic nitrogens is 1. The van der Waals surface area contributed by atoms with E-state index in [2.05, 4.69) is 54.6 Å². The smallest absolute Gasteiger partial charge is 0.343 e. The normalized spacial score (nSPS) is 13.2. The van der Waals surface area contributed by atoms with E-state index in [9.17, 15) is 9.59 Å². The highest BCUT2D eigenvalue weighted by molar-refractivity contribution is 6.74. The van der Waals surface area contributed by atoms with Crippen molar-refractivity contribution in [2.75, 3.05) is 20.3 Å². The van der Waals surface area contributed by atoms with Crippen LogP contribution in [0.2, 0.25) is 18.1 Å². The van der Waals surface area contributed by atoms with Gasteiger partial charge in [-0.15, -0.1) is 0 Å². The number of benzene rings is 2. The van der Waals surface area contributed by atoms with Crippen molar-refractivity contribution in [3.8, 4) is 11.5 Å². The molecule has 0 aliphatic carbocycles. The first-order valence-electron chi connectivity index (χ1n) is 14.3. The van der Waals surface area contributed by atoms with Gasteiger partial charge >= 0.3 is 5.97 Å². The third-order valence-electron chi connectivity index (χ3n) is 8.12. The van der Waals surface area contributed by atoms with E-state index in [4.69, 9.17) is 18.6 Å². The van der Waals surface area contributed by atoms with Crippen LogP contribution in [0.4, 0.5) is 0 Å². The fourth-order valence-corrected chi connectivity index (χ4v) is 5.39.